The summed E-state index contributed by atoms with van der Waals surface area (Å²) in [7, 11) is 0. The highest BCUT2D eigenvalue weighted by atomic mass is 16.1. The van der Waals surface area contributed by atoms with Gasteiger partial charge in [-0.25, -0.2) is 5.10 Å². The molecule has 1 N–H and O–H groups in total. The van der Waals surface area contributed by atoms with Gasteiger partial charge in [0.15, 0.2) is 11.6 Å². The van der Waals surface area contributed by atoms with Crippen molar-refractivity contribution in [2.24, 2.45) is 5.41 Å². The summed E-state index contributed by atoms with van der Waals surface area (Å²) in [5, 5.41) is 13.9. The summed E-state index contributed by atoms with van der Waals surface area (Å²) in [4.78, 5) is 17.1. The minimum atomic E-state index is -0.0386. The number of carbonyl (C=O) groups excluding carboxylic acids is 1. The predicted molar refractivity (Wildman–Crippen MR) is 89.3 cm³/mol. The maximum absolute atomic E-state index is 12.3. The number of nitrogens with zero attached hydrogens (tertiary/aromatic N) is 4. The molecule has 0 spiro atoms. The van der Waals surface area contributed by atoms with Gasteiger partial charge in [0.25, 0.3) is 0 Å². The van der Waals surface area contributed by atoms with Gasteiger partial charge >= 0.3 is 0 Å². The molecule has 0 radical (unpaired) electrons. The zero-order valence-electron chi connectivity index (χ0n) is 13.6. The molecule has 120 valence electrons. The summed E-state index contributed by atoms with van der Waals surface area (Å²) in [6, 6.07) is 11.7. The molecule has 2 aromatic heterocycles. The van der Waals surface area contributed by atoms with Crippen LogP contribution in [0.3, 0.4) is 0 Å². The lowest BCUT2D eigenvalue weighted by Crippen LogP contribution is -2.27. The normalized spacial score (nSPS) is 16.0. The van der Waals surface area contributed by atoms with Gasteiger partial charge in [0.2, 0.25) is 0 Å². The summed E-state index contributed by atoms with van der Waals surface area (Å²) in [6.07, 6.45) is 1.39. The number of carbonyl (C=O) groups is 1. The molecule has 1 aliphatic carbocycles. The van der Waals surface area contributed by atoms with Gasteiger partial charge in [-0.15, -0.1) is 5.10 Å². The van der Waals surface area contributed by atoms with Gasteiger partial charge in [-0.1, -0.05) is 32.0 Å². The summed E-state index contributed by atoms with van der Waals surface area (Å²) in [5.41, 5.74) is 4.34. The third kappa shape index (κ3) is 2.60. The molecule has 3 aromatic rings. The molecule has 1 aliphatic rings. The summed E-state index contributed by atoms with van der Waals surface area (Å²) < 4.78 is 0. The van der Waals surface area contributed by atoms with E-state index in [9.17, 15) is 4.79 Å². The van der Waals surface area contributed by atoms with Gasteiger partial charge in [0, 0.05) is 23.1 Å². The van der Waals surface area contributed by atoms with Crippen LogP contribution in [0.15, 0.2) is 36.4 Å². The van der Waals surface area contributed by atoms with Crippen LogP contribution in [-0.4, -0.2) is 31.4 Å². The van der Waals surface area contributed by atoms with Crippen molar-refractivity contribution in [3.63, 3.8) is 0 Å². The standard InChI is InChI=1S/C18H17N5O/c1-18(2)9-15-13(16(24)10-18)6-7-14(19-15)11-4-3-5-12(8-11)17-20-22-23-21-17/h3-8H,9-10H2,1-2H3,(H,20,21,22,23). The number of hydrogen-bond donors (Lipinski definition) is 1. The molecular weight excluding hydrogens is 302 g/mol. The first-order chi connectivity index (χ1) is 11.5. The fraction of sp³-hybridized carbons (Fsp3) is 0.278. The van der Waals surface area contributed by atoms with Gasteiger partial charge in [-0.3, -0.25) is 9.78 Å². The molecule has 0 bridgehead atoms. The Labute approximate surface area is 139 Å². The molecule has 0 aliphatic heterocycles. The van der Waals surface area contributed by atoms with Crippen molar-refractivity contribution in [3.8, 4) is 22.6 Å². The Kier molecular flexibility index (Phi) is 3.26. The second-order valence-corrected chi connectivity index (χ2v) is 6.96. The van der Waals surface area contributed by atoms with Crippen LogP contribution in [-0.2, 0) is 6.42 Å². The lowest BCUT2D eigenvalue weighted by atomic mass is 9.75. The van der Waals surface area contributed by atoms with Crippen LogP contribution in [0, 0.1) is 5.41 Å². The Morgan fingerprint density at radius 1 is 1.08 bits per heavy atom. The van der Waals surface area contributed by atoms with Crippen LogP contribution in [0.1, 0.15) is 36.3 Å². The van der Waals surface area contributed by atoms with Crippen LogP contribution >= 0.6 is 0 Å². The average molecular weight is 319 g/mol. The lowest BCUT2D eigenvalue weighted by molar-refractivity contribution is 0.0910. The quantitative estimate of drug-likeness (QED) is 0.784. The Bertz CT molecular complexity index is 915. The third-order valence-corrected chi connectivity index (χ3v) is 4.34. The molecule has 0 fully saturated rings. The minimum absolute atomic E-state index is 0.0386. The van der Waals surface area contributed by atoms with E-state index >= 15 is 0 Å². The van der Waals surface area contributed by atoms with Crippen LogP contribution in [0.4, 0.5) is 0 Å². The maximum atomic E-state index is 12.3. The maximum Gasteiger partial charge on any atom is 0.179 e. The fourth-order valence-corrected chi connectivity index (χ4v) is 3.20. The first-order valence-electron chi connectivity index (χ1n) is 7.89. The molecule has 6 heteroatoms. The summed E-state index contributed by atoms with van der Waals surface area (Å²) in [6.45, 7) is 4.22. The monoisotopic (exact) mass is 319 g/mol. The van der Waals surface area contributed by atoms with Crippen molar-refractivity contribution in [2.75, 3.05) is 0 Å². The highest BCUT2D eigenvalue weighted by molar-refractivity contribution is 5.98. The number of nitrogens with one attached hydrogen (secondary N) is 1. The fourth-order valence-electron chi connectivity index (χ4n) is 3.20. The second-order valence-electron chi connectivity index (χ2n) is 6.96. The Hall–Kier alpha value is -2.89. The number of aromatic amines is 1. The molecule has 6 nitrogen and oxygen atoms in total. The molecule has 0 saturated carbocycles. The van der Waals surface area contributed by atoms with E-state index in [0.29, 0.717) is 12.2 Å². The second kappa shape index (κ2) is 5.33. The lowest BCUT2D eigenvalue weighted by Gasteiger charge is -2.29. The molecule has 4 rings (SSSR count). The van der Waals surface area contributed by atoms with E-state index in [-0.39, 0.29) is 11.2 Å². The van der Waals surface area contributed by atoms with Crippen LogP contribution in [0.25, 0.3) is 22.6 Å². The molecule has 0 atom stereocenters. The molecule has 0 amide bonds. The molecule has 0 unspecified atom stereocenters. The van der Waals surface area contributed by atoms with E-state index in [2.05, 4.69) is 34.5 Å². The van der Waals surface area contributed by atoms with Crippen LogP contribution < -0.4 is 0 Å². The number of rotatable bonds is 2. The van der Waals surface area contributed by atoms with Gasteiger partial charge < -0.3 is 0 Å². The van der Waals surface area contributed by atoms with Gasteiger partial charge in [-0.05, 0) is 40.5 Å². The summed E-state index contributed by atoms with van der Waals surface area (Å²) >= 11 is 0. The predicted octanol–water partition coefficient (Wildman–Crippen LogP) is 3.08. The first kappa shape index (κ1) is 14.7. The van der Waals surface area contributed by atoms with E-state index < -0.39 is 0 Å². The van der Waals surface area contributed by atoms with Crippen molar-refractivity contribution in [1.82, 2.24) is 25.6 Å². The SMILES string of the molecule is CC1(C)CC(=O)c2ccc(-c3cccc(-c4nnn[nH]4)c3)nc2C1. The molecule has 0 saturated heterocycles. The average Bonchev–Trinajstić information content (AvgIpc) is 3.08. The van der Waals surface area contributed by atoms with E-state index in [4.69, 9.17) is 4.98 Å². The zero-order chi connectivity index (χ0) is 16.7. The van der Waals surface area contributed by atoms with Crippen molar-refractivity contribution in [1.29, 1.82) is 0 Å². The highest BCUT2D eigenvalue weighted by Crippen LogP contribution is 2.35. The van der Waals surface area contributed by atoms with Gasteiger partial charge in [-0.2, -0.15) is 0 Å². The van der Waals surface area contributed by atoms with Crippen molar-refractivity contribution in [2.45, 2.75) is 26.7 Å². The van der Waals surface area contributed by atoms with E-state index in [1.54, 1.807) is 0 Å². The highest BCUT2D eigenvalue weighted by Gasteiger charge is 2.31. The Morgan fingerprint density at radius 3 is 2.71 bits per heavy atom. The van der Waals surface area contributed by atoms with Crippen LogP contribution in [0.5, 0.6) is 0 Å². The van der Waals surface area contributed by atoms with E-state index in [0.717, 1.165) is 34.5 Å². The minimum Gasteiger partial charge on any atom is -0.294 e. The molecule has 2 heterocycles. The Balaban J connectivity index is 1.76. The molecular formula is C18H17N5O. The number of benzene rings is 1. The molecule has 24 heavy (non-hydrogen) atoms. The number of pyridine rings is 1. The van der Waals surface area contributed by atoms with Gasteiger partial charge in [0.1, 0.15) is 0 Å². The Morgan fingerprint density at radius 2 is 1.92 bits per heavy atom. The largest absolute Gasteiger partial charge is 0.294 e. The number of hydrogen-bond acceptors (Lipinski definition) is 5. The number of tetrazole rings is 1. The van der Waals surface area contributed by atoms with Crippen LogP contribution in [0.2, 0.25) is 0 Å². The zero-order valence-corrected chi connectivity index (χ0v) is 13.6. The van der Waals surface area contributed by atoms with E-state index in [1.807, 2.05) is 36.4 Å². The molecule has 1 aromatic carbocycles. The summed E-state index contributed by atoms with van der Waals surface area (Å²) in [5.74, 6) is 0.799. The van der Waals surface area contributed by atoms with E-state index in [1.165, 1.54) is 0 Å². The smallest absolute Gasteiger partial charge is 0.179 e. The number of H-pyrrole nitrogens is 1. The third-order valence-electron chi connectivity index (χ3n) is 4.34. The van der Waals surface area contributed by atoms with Crippen molar-refractivity contribution >= 4 is 5.78 Å². The van der Waals surface area contributed by atoms with Crippen molar-refractivity contribution < 1.29 is 4.79 Å². The first-order valence-corrected chi connectivity index (χ1v) is 7.89. The number of Topliss-reactive ketones (excluding diaryl/α,β-unsaturated/α-hetero) is 1. The topological polar surface area (TPSA) is 84.4 Å². The van der Waals surface area contributed by atoms with Crippen molar-refractivity contribution in [3.05, 3.63) is 47.7 Å². The van der Waals surface area contributed by atoms with Gasteiger partial charge in [0.05, 0.1) is 11.4 Å². The number of ketones is 1. The number of aromatic nitrogens is 5. The number of fused-ring (bicyclic) bond motifs is 1.